The molecule has 0 saturated carbocycles. The molecule has 8 nitrogen and oxygen atoms in total. The molecule has 0 unspecified atom stereocenters. The number of carbonyl (C=O) groups is 1. The maximum Gasteiger partial charge on any atom is 0.348 e. The molecular formula is C12H16N6O2S2. The van der Waals surface area contributed by atoms with Crippen molar-refractivity contribution in [1.29, 1.82) is 0 Å². The van der Waals surface area contributed by atoms with Crippen LogP contribution in [0, 0.1) is 13.8 Å². The number of nitrogens with zero attached hydrogens (tertiary/aromatic N) is 4. The van der Waals surface area contributed by atoms with E-state index in [4.69, 9.17) is 5.73 Å². The molecule has 2 rings (SSSR count). The molecule has 2 aromatic rings. The summed E-state index contributed by atoms with van der Waals surface area (Å²) in [5, 5.41) is 10.6. The Labute approximate surface area is 135 Å². The largest absolute Gasteiger partial charge is 0.374 e. The van der Waals surface area contributed by atoms with E-state index in [1.54, 1.807) is 6.92 Å². The van der Waals surface area contributed by atoms with Gasteiger partial charge in [0.2, 0.25) is 11.0 Å². The first-order valence-corrected chi connectivity index (χ1v) is 8.29. The van der Waals surface area contributed by atoms with Crippen LogP contribution < -0.4 is 16.7 Å². The lowest BCUT2D eigenvalue weighted by atomic mass is 10.3. The number of nitrogens with one attached hydrogen (secondary N) is 1. The monoisotopic (exact) mass is 340 g/mol. The molecule has 0 radical (unpaired) electrons. The Balaban J connectivity index is 1.79. The number of hydrogen-bond donors (Lipinski definition) is 2. The molecule has 0 aromatic carbocycles. The Bertz CT molecular complexity index is 727. The van der Waals surface area contributed by atoms with E-state index in [2.05, 4.69) is 20.5 Å². The number of thioether (sulfide) groups is 1. The quantitative estimate of drug-likeness (QED) is 0.722. The molecule has 10 heteroatoms. The maximum atomic E-state index is 11.8. The summed E-state index contributed by atoms with van der Waals surface area (Å²) in [7, 11) is 0. The molecule has 0 aliphatic rings. The third kappa shape index (κ3) is 4.53. The first-order valence-electron chi connectivity index (χ1n) is 6.49. The van der Waals surface area contributed by atoms with Gasteiger partial charge in [-0.15, -0.1) is 10.2 Å². The molecule has 0 atom stereocenters. The second kappa shape index (κ2) is 7.36. The number of amides is 1. The second-order valence-electron chi connectivity index (χ2n) is 4.52. The van der Waals surface area contributed by atoms with Gasteiger partial charge in [-0.05, 0) is 19.9 Å². The highest BCUT2D eigenvalue weighted by Crippen LogP contribution is 2.22. The lowest BCUT2D eigenvalue weighted by molar-refractivity contribution is -0.118. The number of carbonyl (C=O) groups excluding carboxylic acids is 1. The molecule has 0 aliphatic carbocycles. The molecule has 0 spiro atoms. The highest BCUT2D eigenvalue weighted by molar-refractivity contribution is 8.01. The van der Waals surface area contributed by atoms with Crippen LogP contribution in [0.3, 0.4) is 0 Å². The Hall–Kier alpha value is -1.94. The fraction of sp³-hybridized carbons (Fsp3) is 0.417. The van der Waals surface area contributed by atoms with Crippen molar-refractivity contribution in [2.75, 3.05) is 18.0 Å². The van der Waals surface area contributed by atoms with Gasteiger partial charge in [0.25, 0.3) is 0 Å². The number of anilines is 1. The highest BCUT2D eigenvalue weighted by Gasteiger charge is 2.07. The van der Waals surface area contributed by atoms with Crippen molar-refractivity contribution >= 4 is 34.1 Å². The molecule has 2 heterocycles. The van der Waals surface area contributed by atoms with Crippen LogP contribution in [0.4, 0.5) is 5.13 Å². The van der Waals surface area contributed by atoms with Gasteiger partial charge >= 0.3 is 5.69 Å². The van der Waals surface area contributed by atoms with E-state index in [-0.39, 0.29) is 17.3 Å². The van der Waals surface area contributed by atoms with E-state index >= 15 is 0 Å². The van der Waals surface area contributed by atoms with Crippen molar-refractivity contribution in [2.24, 2.45) is 0 Å². The summed E-state index contributed by atoms with van der Waals surface area (Å²) >= 11 is 2.52. The van der Waals surface area contributed by atoms with Gasteiger partial charge in [0.1, 0.15) is 0 Å². The molecule has 0 aliphatic heterocycles. The van der Waals surface area contributed by atoms with Gasteiger partial charge in [-0.2, -0.15) is 4.98 Å². The SMILES string of the molecule is Cc1cc(C)n(CCNC(=O)CSc2nnc(N)s2)c(=O)n1. The van der Waals surface area contributed by atoms with E-state index in [9.17, 15) is 9.59 Å². The van der Waals surface area contributed by atoms with Gasteiger partial charge in [0.05, 0.1) is 5.75 Å². The molecule has 2 aromatic heterocycles. The predicted molar refractivity (Wildman–Crippen MR) is 86.0 cm³/mol. The molecule has 0 saturated heterocycles. The van der Waals surface area contributed by atoms with Crippen molar-refractivity contribution in [3.05, 3.63) is 27.9 Å². The molecule has 0 fully saturated rings. The van der Waals surface area contributed by atoms with Gasteiger partial charge in [0.15, 0.2) is 4.34 Å². The van der Waals surface area contributed by atoms with Crippen molar-refractivity contribution in [1.82, 2.24) is 25.1 Å². The third-order valence-electron chi connectivity index (χ3n) is 2.75. The van der Waals surface area contributed by atoms with Crippen LogP contribution in [-0.4, -0.2) is 38.0 Å². The topological polar surface area (TPSA) is 116 Å². The highest BCUT2D eigenvalue weighted by atomic mass is 32.2. The summed E-state index contributed by atoms with van der Waals surface area (Å²) in [6.45, 7) is 4.37. The van der Waals surface area contributed by atoms with Crippen molar-refractivity contribution in [3.63, 3.8) is 0 Å². The minimum Gasteiger partial charge on any atom is -0.374 e. The smallest absolute Gasteiger partial charge is 0.348 e. The number of nitrogen functional groups attached to an aromatic ring is 1. The number of nitrogens with two attached hydrogens (primary N) is 1. The van der Waals surface area contributed by atoms with Crippen LogP contribution in [0.1, 0.15) is 11.4 Å². The van der Waals surface area contributed by atoms with E-state index < -0.39 is 0 Å². The molecule has 1 amide bonds. The zero-order valence-corrected chi connectivity index (χ0v) is 13.8. The Morgan fingerprint density at radius 2 is 2.23 bits per heavy atom. The van der Waals surface area contributed by atoms with Gasteiger partial charge in [-0.3, -0.25) is 9.36 Å². The molecule has 22 heavy (non-hydrogen) atoms. The summed E-state index contributed by atoms with van der Waals surface area (Å²) in [6.07, 6.45) is 0. The molecule has 118 valence electrons. The van der Waals surface area contributed by atoms with Crippen LogP contribution in [0.2, 0.25) is 0 Å². The minimum absolute atomic E-state index is 0.135. The van der Waals surface area contributed by atoms with Crippen LogP contribution in [-0.2, 0) is 11.3 Å². The van der Waals surface area contributed by atoms with Crippen LogP contribution in [0.5, 0.6) is 0 Å². The summed E-state index contributed by atoms with van der Waals surface area (Å²) in [5.74, 6) is 0.0961. The minimum atomic E-state index is -0.301. The standard InChI is InChI=1S/C12H16N6O2S2/c1-7-5-8(2)18(11(20)15-7)4-3-14-9(19)6-21-12-17-16-10(13)22-12/h5H,3-4,6H2,1-2H3,(H2,13,16)(H,14,19). The summed E-state index contributed by atoms with van der Waals surface area (Å²) in [4.78, 5) is 27.4. The summed E-state index contributed by atoms with van der Waals surface area (Å²) < 4.78 is 2.19. The fourth-order valence-electron chi connectivity index (χ4n) is 1.81. The van der Waals surface area contributed by atoms with E-state index in [1.165, 1.54) is 27.7 Å². The first-order chi connectivity index (χ1) is 10.5. The normalized spacial score (nSPS) is 10.6. The van der Waals surface area contributed by atoms with E-state index in [0.717, 1.165) is 5.69 Å². The Kier molecular flexibility index (Phi) is 5.50. The Morgan fingerprint density at radius 1 is 1.45 bits per heavy atom. The summed E-state index contributed by atoms with van der Waals surface area (Å²) in [5.41, 5.74) is 6.68. The van der Waals surface area contributed by atoms with Crippen molar-refractivity contribution < 1.29 is 4.79 Å². The average molecular weight is 340 g/mol. The fourth-order valence-corrected chi connectivity index (χ4v) is 3.28. The van der Waals surface area contributed by atoms with Gasteiger partial charge < -0.3 is 11.1 Å². The van der Waals surface area contributed by atoms with Crippen molar-refractivity contribution in [2.45, 2.75) is 24.7 Å². The summed E-state index contributed by atoms with van der Waals surface area (Å²) in [6, 6.07) is 1.83. The molecule has 0 bridgehead atoms. The first kappa shape index (κ1) is 16.4. The zero-order valence-electron chi connectivity index (χ0n) is 12.2. The van der Waals surface area contributed by atoms with Gasteiger partial charge in [0, 0.05) is 24.5 Å². The number of rotatable bonds is 6. The van der Waals surface area contributed by atoms with Crippen LogP contribution in [0.25, 0.3) is 0 Å². The number of aromatic nitrogens is 4. The van der Waals surface area contributed by atoms with Gasteiger partial charge in [-0.25, -0.2) is 4.79 Å². The van der Waals surface area contributed by atoms with Gasteiger partial charge in [-0.1, -0.05) is 23.1 Å². The second-order valence-corrected chi connectivity index (χ2v) is 6.75. The third-order valence-corrected chi connectivity index (χ3v) is 4.64. The maximum absolute atomic E-state index is 11.8. The van der Waals surface area contributed by atoms with Crippen LogP contribution >= 0.6 is 23.1 Å². The molecule has 3 N–H and O–H groups in total. The number of hydrogen-bond acceptors (Lipinski definition) is 8. The van der Waals surface area contributed by atoms with Crippen LogP contribution in [0.15, 0.2) is 15.2 Å². The lowest BCUT2D eigenvalue weighted by Crippen LogP contribution is -2.33. The molecular weight excluding hydrogens is 324 g/mol. The predicted octanol–water partition coefficient (Wildman–Crippen LogP) is 0.202. The van der Waals surface area contributed by atoms with E-state index in [0.29, 0.717) is 28.3 Å². The van der Waals surface area contributed by atoms with E-state index in [1.807, 2.05) is 13.0 Å². The average Bonchev–Trinajstić information content (AvgIpc) is 2.85. The Morgan fingerprint density at radius 3 is 2.86 bits per heavy atom. The number of aryl methyl sites for hydroxylation is 2. The zero-order chi connectivity index (χ0) is 16.1. The van der Waals surface area contributed by atoms with Crippen molar-refractivity contribution in [3.8, 4) is 0 Å². The lowest BCUT2D eigenvalue weighted by Gasteiger charge is -2.10.